The SMILES string of the molecule is CC1(C)Cc2cnc3c4ccccc4c4c(-c5ccccc5)ccc1c4n23.Cc1c(-c2ccccc2)cc2c3c1c1ccccc1c1ncc(n13)CC2.Cc1ccc2c3c1c1ccccc1c1ncc(n13)C(C)(C)C2.Cc1nc2c3ccccc3c3c(C)ccc4c3n2c1C(C)(C)S4.Cc1nc2c3ccccc3c3c(C)ccc4c3n2c1CC4(C)C.Cc1nc2c3ccccc3c3c(C)ccc4c3n2c1SC4(C)C. The fourth-order valence-electron chi connectivity index (χ4n) is 26.3. The van der Waals surface area contributed by atoms with Gasteiger partial charge < -0.3 is 0 Å². The lowest BCUT2D eigenvalue weighted by Crippen LogP contribution is -2.27. The van der Waals surface area contributed by atoms with E-state index in [1.54, 1.807) is 0 Å². The van der Waals surface area contributed by atoms with Crippen LogP contribution in [0.2, 0.25) is 0 Å². The summed E-state index contributed by atoms with van der Waals surface area (Å²) in [5.41, 5.74) is 44.2. The molecule has 6 aliphatic heterocycles. The maximum Gasteiger partial charge on any atom is 0.146 e. The van der Waals surface area contributed by atoms with Gasteiger partial charge in [-0.15, -0.1) is 11.8 Å². The summed E-state index contributed by atoms with van der Waals surface area (Å²) >= 11 is 3.88. The van der Waals surface area contributed by atoms with Gasteiger partial charge in [-0.3, -0.25) is 26.4 Å². The van der Waals surface area contributed by atoms with Crippen molar-refractivity contribution in [3.05, 3.63) is 393 Å². The molecule has 0 radical (unpaired) electrons. The lowest BCUT2D eigenvalue weighted by Gasteiger charge is -2.32. The molecule has 26 aromatic rings. The van der Waals surface area contributed by atoms with Crippen molar-refractivity contribution in [3.8, 4) is 22.3 Å². The largest absolute Gasteiger partial charge is 0.296 e. The highest BCUT2D eigenvalue weighted by Crippen LogP contribution is 2.56. The first-order chi connectivity index (χ1) is 69.5. The summed E-state index contributed by atoms with van der Waals surface area (Å²) in [7, 11) is 0. The van der Waals surface area contributed by atoms with Crippen molar-refractivity contribution < 1.29 is 0 Å². The minimum atomic E-state index is 0.0289. The molecule has 12 nitrogen and oxygen atoms in total. The van der Waals surface area contributed by atoms with E-state index >= 15 is 0 Å². The second kappa shape index (κ2) is 31.5. The summed E-state index contributed by atoms with van der Waals surface area (Å²) in [6.07, 6.45) is 11.5. The van der Waals surface area contributed by atoms with Crippen LogP contribution in [0.25, 0.3) is 186 Å². The molecule has 0 bridgehead atoms. The van der Waals surface area contributed by atoms with Crippen molar-refractivity contribution in [1.82, 2.24) is 56.3 Å². The lowest BCUT2D eigenvalue weighted by atomic mass is 9.76. The number of aromatic nitrogens is 12. The molecule has 0 unspecified atom stereocenters. The zero-order valence-corrected chi connectivity index (χ0v) is 86.6. The topological polar surface area (TPSA) is 104 Å². The first kappa shape index (κ1) is 88.0. The molecule has 0 N–H and O–H groups in total. The minimum Gasteiger partial charge on any atom is -0.296 e. The molecular weight excluding hydrogens is 1790 g/mol. The molecule has 0 fully saturated rings. The Bertz CT molecular complexity index is 9970. The van der Waals surface area contributed by atoms with Crippen molar-refractivity contribution in [2.24, 2.45) is 0 Å². The normalized spacial score (nSPS) is 15.4. The number of imidazole rings is 6. The summed E-state index contributed by atoms with van der Waals surface area (Å²) in [5, 5.41) is 24.9. The van der Waals surface area contributed by atoms with Gasteiger partial charge in [-0.2, -0.15) is 0 Å². The Morgan fingerprint density at radius 3 is 1.26 bits per heavy atom. The Balaban J connectivity index is 0.0000000861. The number of thioether (sulfide) groups is 2. The van der Waals surface area contributed by atoms with Gasteiger partial charge in [0, 0.05) is 121 Å². The minimum absolute atomic E-state index is 0.0289. The molecule has 14 aromatic carbocycles. The number of aryl methyl sites for hydroxylation is 10. The lowest BCUT2D eigenvalue weighted by molar-refractivity contribution is 0.494. The molecule has 6 aliphatic rings. The van der Waals surface area contributed by atoms with Gasteiger partial charge in [0.1, 0.15) is 38.9 Å². The average molecular weight is 1910 g/mol. The van der Waals surface area contributed by atoms with E-state index in [1.807, 2.05) is 23.5 Å². The Kier molecular flexibility index (Phi) is 19.3. The molecular formula is C130H112N12S2. The van der Waals surface area contributed by atoms with Gasteiger partial charge in [0.15, 0.2) is 0 Å². The quantitative estimate of drug-likeness (QED) is 0.158. The van der Waals surface area contributed by atoms with Gasteiger partial charge >= 0.3 is 0 Å². The molecule has 12 aromatic heterocycles. The molecule has 0 saturated heterocycles. The molecule has 32 rings (SSSR count). The zero-order valence-electron chi connectivity index (χ0n) is 84.9. The second-order valence-electron chi connectivity index (χ2n) is 44.2. The first-order valence-electron chi connectivity index (χ1n) is 51.0. The van der Waals surface area contributed by atoms with Crippen molar-refractivity contribution in [1.29, 1.82) is 0 Å². The number of pyridine rings is 6. The molecule has 0 aliphatic carbocycles. The number of benzene rings is 14. The Hall–Kier alpha value is -15.0. The van der Waals surface area contributed by atoms with Crippen LogP contribution in [-0.4, -0.2) is 56.3 Å². The van der Waals surface area contributed by atoms with Crippen LogP contribution < -0.4 is 0 Å². The summed E-state index contributed by atoms with van der Waals surface area (Å²) < 4.78 is 14.5. The Morgan fingerprint density at radius 1 is 0.271 bits per heavy atom. The van der Waals surface area contributed by atoms with Crippen LogP contribution in [0.15, 0.2) is 301 Å². The maximum absolute atomic E-state index is 4.97. The van der Waals surface area contributed by atoms with Crippen LogP contribution in [0.1, 0.15) is 170 Å². The molecule has 14 heteroatoms. The number of rotatable bonds is 2. The van der Waals surface area contributed by atoms with Crippen molar-refractivity contribution in [3.63, 3.8) is 0 Å². The monoisotopic (exact) mass is 1900 g/mol. The second-order valence-corrected chi connectivity index (χ2v) is 47.5. The molecule has 18 heterocycles. The molecule has 0 saturated carbocycles. The number of hydrogen-bond acceptors (Lipinski definition) is 8. The maximum atomic E-state index is 4.97. The van der Waals surface area contributed by atoms with Gasteiger partial charge in [0.05, 0.1) is 60.6 Å². The van der Waals surface area contributed by atoms with Gasteiger partial charge in [0.25, 0.3) is 0 Å². The van der Waals surface area contributed by atoms with E-state index in [4.69, 9.17) is 29.9 Å². The highest BCUT2D eigenvalue weighted by atomic mass is 32.2. The van der Waals surface area contributed by atoms with Crippen molar-refractivity contribution in [2.45, 2.75) is 192 Å². The summed E-state index contributed by atoms with van der Waals surface area (Å²) in [5.74, 6) is 0. The molecule has 0 spiro atoms. The van der Waals surface area contributed by atoms with Crippen molar-refractivity contribution in [2.75, 3.05) is 0 Å². The van der Waals surface area contributed by atoms with Gasteiger partial charge in [-0.1, -0.05) is 314 Å². The number of nitrogens with zero attached hydrogens (tertiary/aromatic N) is 12. The highest BCUT2D eigenvalue weighted by Gasteiger charge is 2.41. The third-order valence-electron chi connectivity index (χ3n) is 32.8. The summed E-state index contributed by atoms with van der Waals surface area (Å²) in [6.45, 7) is 40.9. The first-order valence-corrected chi connectivity index (χ1v) is 52.6. The number of fused-ring (bicyclic) bond motifs is 18. The third-order valence-corrected chi connectivity index (χ3v) is 35.5. The predicted octanol–water partition coefficient (Wildman–Crippen LogP) is 32.9. The Morgan fingerprint density at radius 2 is 0.681 bits per heavy atom. The molecule has 0 amide bonds. The highest BCUT2D eigenvalue weighted by molar-refractivity contribution is 8.00. The summed E-state index contributed by atoms with van der Waals surface area (Å²) in [4.78, 5) is 30.6. The molecule has 0 atom stereocenters. The van der Waals surface area contributed by atoms with E-state index < -0.39 is 0 Å². The van der Waals surface area contributed by atoms with Crippen LogP contribution in [0.4, 0.5) is 0 Å². The molecule has 704 valence electrons. The van der Waals surface area contributed by atoms with E-state index in [0.717, 1.165) is 77.4 Å². The number of hydrogen-bond donors (Lipinski definition) is 0. The van der Waals surface area contributed by atoms with Crippen LogP contribution in [0.5, 0.6) is 0 Å². The molecule has 144 heavy (non-hydrogen) atoms. The van der Waals surface area contributed by atoms with Gasteiger partial charge in [-0.25, -0.2) is 29.9 Å². The van der Waals surface area contributed by atoms with Crippen LogP contribution in [0.3, 0.4) is 0 Å². The fraction of sp³-hybridized carbons (Fsp3) is 0.215. The average Bonchev–Trinajstić information content (AvgIpc) is 1.59. The van der Waals surface area contributed by atoms with E-state index in [2.05, 4.69) is 443 Å². The van der Waals surface area contributed by atoms with Gasteiger partial charge in [0.2, 0.25) is 0 Å². The third kappa shape index (κ3) is 12.7. The van der Waals surface area contributed by atoms with E-state index in [1.165, 1.54) is 252 Å². The van der Waals surface area contributed by atoms with Crippen LogP contribution >= 0.6 is 23.5 Å². The fourth-order valence-corrected chi connectivity index (χ4v) is 28.8. The Labute approximate surface area is 844 Å². The van der Waals surface area contributed by atoms with Crippen LogP contribution in [-0.2, 0) is 57.8 Å². The zero-order chi connectivity index (χ0) is 98.3. The predicted molar refractivity (Wildman–Crippen MR) is 605 cm³/mol. The van der Waals surface area contributed by atoms with E-state index in [9.17, 15) is 0 Å². The summed E-state index contributed by atoms with van der Waals surface area (Å²) in [6, 6.07) is 99.0. The standard InChI is InChI=1S/C25H20N2.C24H18N2.C21H20N2.2C20H18N2S.C20H18N2/c1-25(2)14-17-15-26-24-20-11-7-6-10-19(20)22-18(16-8-4-3-5-9-16)12-13-21(25)23(22)27(17)24;1-15-21(16-7-3-2-4-8-16)13-17-11-12-18-14-25-24-20-10-6-5-9-19(20)22(15)23(17)26(18)24;1-12-9-10-16-19-18(12)14-7-5-6-8-15(14)20-22-13(2)17(23(19)20)11-21(16,3)4;1-11-9-10-15-17-16(11)13-7-5-6-8-14(13)18-21-12(2)19(22(17)18)23-20(15,3)4;1-11-9-10-15-17-16(11)13-7-5-6-8-14(13)19-21-12(2)18(22(17)19)20(3,4)23-15;1-12-8-9-13-10-20(2,3)16-11-21-19-15-7-5-4-6-14(15)17(12)18(13)22(16)19/h3-13,15H,14H2,1-2H3;2-10,13-14H,11-12H2,1H3;5-10H,11H2,1-4H3;2*5-10H,1-4H3;4-9,11H,10H2,1-3H3. The van der Waals surface area contributed by atoms with E-state index in [-0.39, 0.29) is 25.7 Å². The van der Waals surface area contributed by atoms with Crippen LogP contribution in [0, 0.1) is 55.4 Å². The van der Waals surface area contributed by atoms with E-state index in [0.29, 0.717) is 0 Å². The van der Waals surface area contributed by atoms with Gasteiger partial charge in [-0.05, 0) is 248 Å². The van der Waals surface area contributed by atoms with Crippen molar-refractivity contribution >= 4 is 187 Å². The smallest absolute Gasteiger partial charge is 0.146 e.